The molecule has 7 nitrogen and oxygen atoms in total. The molecule has 1 atom stereocenters. The van der Waals surface area contributed by atoms with Crippen molar-refractivity contribution in [3.63, 3.8) is 0 Å². The molecule has 122 valence electrons. The molecule has 1 aliphatic rings. The van der Waals surface area contributed by atoms with Gasteiger partial charge in [-0.2, -0.15) is 0 Å². The molecular formula is C14H20N2O5S. The minimum atomic E-state index is -3.54. The topological polar surface area (TPSA) is 95.9 Å². The molecule has 8 heteroatoms. The zero-order chi connectivity index (χ0) is 16.7. The third-order valence-corrected chi connectivity index (χ3v) is 5.03. The summed E-state index contributed by atoms with van der Waals surface area (Å²) in [4.78, 5) is 15.9. The Morgan fingerprint density at radius 2 is 2.05 bits per heavy atom. The highest BCUT2D eigenvalue weighted by Crippen LogP contribution is 2.45. The zero-order valence-corrected chi connectivity index (χ0v) is 13.8. The Morgan fingerprint density at radius 1 is 1.41 bits per heavy atom. The van der Waals surface area contributed by atoms with Gasteiger partial charge in [0.15, 0.2) is 0 Å². The molecule has 0 amide bonds. The van der Waals surface area contributed by atoms with Crippen molar-refractivity contribution in [2.45, 2.75) is 38.3 Å². The normalized spacial score (nSPS) is 19.0. The molecule has 1 aliphatic heterocycles. The lowest BCUT2D eigenvalue weighted by molar-refractivity contribution is -0.169. The largest absolute Gasteiger partial charge is 0.525 e. The van der Waals surface area contributed by atoms with E-state index in [1.807, 2.05) is 20.8 Å². The third kappa shape index (κ3) is 3.08. The van der Waals surface area contributed by atoms with Crippen LogP contribution in [-0.4, -0.2) is 31.8 Å². The Kier molecular flexibility index (Phi) is 4.20. The van der Waals surface area contributed by atoms with Gasteiger partial charge in [0, 0.05) is 0 Å². The van der Waals surface area contributed by atoms with Crippen LogP contribution in [0.4, 0.5) is 4.79 Å². The molecular weight excluding hydrogens is 308 g/mol. The van der Waals surface area contributed by atoms with Crippen LogP contribution in [-0.2, 0) is 21.4 Å². The SMILES string of the molecule is CNS(=O)(=O)c1ccc2c(c1)CN(OC(=O)O)C2C(C)(C)C. The Bertz CT molecular complexity index is 694. The highest BCUT2D eigenvalue weighted by molar-refractivity contribution is 7.89. The summed E-state index contributed by atoms with van der Waals surface area (Å²) in [6.07, 6.45) is -1.38. The van der Waals surface area contributed by atoms with Crippen molar-refractivity contribution in [3.05, 3.63) is 29.3 Å². The number of hydrogen-bond acceptors (Lipinski definition) is 5. The number of hydrogen-bond donors (Lipinski definition) is 2. The Hall–Kier alpha value is -1.64. The predicted octanol–water partition coefficient (Wildman–Crippen LogP) is 2.11. The van der Waals surface area contributed by atoms with Crippen LogP contribution in [0.15, 0.2) is 23.1 Å². The Morgan fingerprint density at radius 3 is 2.55 bits per heavy atom. The standard InChI is InChI=1S/C14H20N2O5S/c1-14(2,3)12-11-6-5-10(22(19,20)15-4)7-9(11)8-16(12)21-13(17)18/h5-7,12,15H,8H2,1-4H3,(H,17,18). The van der Waals surface area contributed by atoms with E-state index in [-0.39, 0.29) is 22.9 Å². The molecule has 1 aromatic carbocycles. The first-order chi connectivity index (χ1) is 10.1. The van der Waals surface area contributed by atoms with Crippen molar-refractivity contribution in [1.82, 2.24) is 9.79 Å². The lowest BCUT2D eigenvalue weighted by atomic mass is 9.83. The fourth-order valence-electron chi connectivity index (χ4n) is 2.77. The summed E-state index contributed by atoms with van der Waals surface area (Å²) in [7, 11) is -2.19. The maximum Gasteiger partial charge on any atom is 0.525 e. The van der Waals surface area contributed by atoms with Gasteiger partial charge in [-0.25, -0.2) is 17.9 Å². The lowest BCUT2D eigenvalue weighted by Gasteiger charge is -2.33. The van der Waals surface area contributed by atoms with Crippen LogP contribution < -0.4 is 4.72 Å². The minimum absolute atomic E-state index is 0.151. The van der Waals surface area contributed by atoms with Crippen LogP contribution in [0.2, 0.25) is 0 Å². The Balaban J connectivity index is 2.48. The van der Waals surface area contributed by atoms with Gasteiger partial charge in [0.2, 0.25) is 10.0 Å². The zero-order valence-electron chi connectivity index (χ0n) is 13.0. The lowest BCUT2D eigenvalue weighted by Crippen LogP contribution is -2.33. The van der Waals surface area contributed by atoms with Gasteiger partial charge in [-0.3, -0.25) is 0 Å². The number of nitrogens with one attached hydrogen (secondary N) is 1. The maximum atomic E-state index is 11.9. The second-order valence-electron chi connectivity index (χ2n) is 6.27. The molecule has 0 aliphatic carbocycles. The van der Waals surface area contributed by atoms with E-state index in [9.17, 15) is 13.2 Å². The van der Waals surface area contributed by atoms with Gasteiger partial charge in [-0.1, -0.05) is 26.8 Å². The van der Waals surface area contributed by atoms with Crippen LogP contribution in [0, 0.1) is 5.41 Å². The summed E-state index contributed by atoms with van der Waals surface area (Å²) < 4.78 is 26.0. The number of hydroxylamine groups is 2. The number of fused-ring (bicyclic) bond motifs is 1. The summed E-state index contributed by atoms with van der Waals surface area (Å²) in [6, 6.07) is 4.53. The van der Waals surface area contributed by atoms with Crippen LogP contribution in [0.25, 0.3) is 0 Å². The Labute approximate surface area is 129 Å². The molecule has 2 N–H and O–H groups in total. The maximum absolute atomic E-state index is 11.9. The number of carboxylic acid groups (broad SMARTS) is 1. The minimum Gasteiger partial charge on any atom is -0.448 e. The second-order valence-corrected chi connectivity index (χ2v) is 8.16. The highest BCUT2D eigenvalue weighted by atomic mass is 32.2. The number of benzene rings is 1. The van der Waals surface area contributed by atoms with Gasteiger partial charge >= 0.3 is 6.16 Å². The van der Waals surface area contributed by atoms with Crippen LogP contribution >= 0.6 is 0 Å². The van der Waals surface area contributed by atoms with Gasteiger partial charge < -0.3 is 9.94 Å². The highest BCUT2D eigenvalue weighted by Gasteiger charge is 2.41. The van der Waals surface area contributed by atoms with Crippen LogP contribution in [0.1, 0.15) is 37.9 Å². The third-order valence-electron chi connectivity index (χ3n) is 3.62. The molecule has 0 fully saturated rings. The van der Waals surface area contributed by atoms with E-state index in [2.05, 4.69) is 4.72 Å². The predicted molar refractivity (Wildman–Crippen MR) is 79.5 cm³/mol. The molecule has 0 aromatic heterocycles. The van der Waals surface area contributed by atoms with E-state index in [0.717, 1.165) is 11.1 Å². The number of nitrogens with zero attached hydrogens (tertiary/aromatic N) is 1. The summed E-state index contributed by atoms with van der Waals surface area (Å²) in [5, 5.41) is 10.3. The van der Waals surface area contributed by atoms with E-state index in [0.29, 0.717) is 0 Å². The van der Waals surface area contributed by atoms with Crippen LogP contribution in [0.5, 0.6) is 0 Å². The van der Waals surface area contributed by atoms with Crippen molar-refractivity contribution in [3.8, 4) is 0 Å². The van der Waals surface area contributed by atoms with Gasteiger partial charge in [0.25, 0.3) is 0 Å². The van der Waals surface area contributed by atoms with Crippen molar-refractivity contribution in [2.75, 3.05) is 7.05 Å². The van der Waals surface area contributed by atoms with Gasteiger partial charge in [-0.15, -0.1) is 5.06 Å². The summed E-state index contributed by atoms with van der Waals surface area (Å²) >= 11 is 0. The van der Waals surface area contributed by atoms with Crippen molar-refractivity contribution >= 4 is 16.2 Å². The van der Waals surface area contributed by atoms with Gasteiger partial charge in [0.05, 0.1) is 17.5 Å². The van der Waals surface area contributed by atoms with Gasteiger partial charge in [0.1, 0.15) is 0 Å². The monoisotopic (exact) mass is 328 g/mol. The fourth-order valence-corrected chi connectivity index (χ4v) is 3.55. The fraction of sp³-hybridized carbons (Fsp3) is 0.500. The smallest absolute Gasteiger partial charge is 0.448 e. The van der Waals surface area contributed by atoms with Crippen LogP contribution in [0.3, 0.4) is 0 Å². The average molecular weight is 328 g/mol. The van der Waals surface area contributed by atoms with E-state index in [1.165, 1.54) is 18.2 Å². The first kappa shape index (κ1) is 16.7. The van der Waals surface area contributed by atoms with Crippen molar-refractivity contribution in [1.29, 1.82) is 0 Å². The van der Waals surface area contributed by atoms with E-state index in [4.69, 9.17) is 9.94 Å². The second kappa shape index (κ2) is 5.53. The number of carbonyl (C=O) groups is 1. The molecule has 0 saturated carbocycles. The quantitative estimate of drug-likeness (QED) is 0.882. The average Bonchev–Trinajstić information content (AvgIpc) is 2.74. The molecule has 22 heavy (non-hydrogen) atoms. The molecule has 2 rings (SSSR count). The van der Waals surface area contributed by atoms with E-state index >= 15 is 0 Å². The van der Waals surface area contributed by atoms with Gasteiger partial charge in [-0.05, 0) is 35.7 Å². The first-order valence-corrected chi connectivity index (χ1v) is 8.28. The molecule has 0 bridgehead atoms. The molecule has 1 heterocycles. The summed E-state index contributed by atoms with van der Waals surface area (Å²) in [5.41, 5.74) is 1.35. The number of rotatable bonds is 3. The van der Waals surface area contributed by atoms with E-state index < -0.39 is 16.2 Å². The van der Waals surface area contributed by atoms with Crippen molar-refractivity contribution in [2.24, 2.45) is 5.41 Å². The molecule has 1 unspecified atom stereocenters. The van der Waals surface area contributed by atoms with Crippen molar-refractivity contribution < 1.29 is 23.2 Å². The number of sulfonamides is 1. The molecule has 0 saturated heterocycles. The first-order valence-electron chi connectivity index (χ1n) is 6.80. The molecule has 0 radical (unpaired) electrons. The molecule has 0 spiro atoms. The summed E-state index contributed by atoms with van der Waals surface area (Å²) in [6.45, 7) is 6.15. The van der Waals surface area contributed by atoms with E-state index in [1.54, 1.807) is 12.1 Å². The molecule has 1 aromatic rings. The summed E-state index contributed by atoms with van der Waals surface area (Å²) in [5.74, 6) is 0.